The third-order valence-electron chi connectivity index (χ3n) is 11.5. The number of aryl methyl sites for hydroxylation is 2. The van der Waals surface area contributed by atoms with Gasteiger partial charge < -0.3 is 23.5 Å². The van der Waals surface area contributed by atoms with E-state index in [2.05, 4.69) is 173 Å². The Morgan fingerprint density at radius 3 is 2.07 bits per heavy atom. The van der Waals surface area contributed by atoms with Crippen molar-refractivity contribution >= 4 is 66.5 Å². The molecule has 9 aromatic rings. The van der Waals surface area contributed by atoms with Crippen molar-refractivity contribution in [3.63, 3.8) is 0 Å². The van der Waals surface area contributed by atoms with Crippen molar-refractivity contribution in [3.8, 4) is 17.3 Å². The average Bonchev–Trinajstić information content (AvgIpc) is 3.87. The number of para-hydroxylation sites is 3. The summed E-state index contributed by atoms with van der Waals surface area (Å²) < 4.78 is 15.4. The number of benzene rings is 6. The van der Waals surface area contributed by atoms with Crippen LogP contribution in [-0.2, 0) is 31.9 Å². The molecule has 59 heavy (non-hydrogen) atoms. The summed E-state index contributed by atoms with van der Waals surface area (Å²) in [4.78, 5) is 9.40. The normalized spacial score (nSPS) is 13.2. The van der Waals surface area contributed by atoms with Gasteiger partial charge in [-0.25, -0.2) is 4.98 Å². The molecule has 0 unspecified atom stereocenters. The summed E-state index contributed by atoms with van der Waals surface area (Å²) in [5, 5.41) is 4.21. The Hall–Kier alpha value is -5.84. The van der Waals surface area contributed by atoms with Crippen LogP contribution in [0.1, 0.15) is 63.8 Å². The molecule has 7 heteroatoms. The summed E-state index contributed by atoms with van der Waals surface area (Å²) in [6.07, 6.45) is 1.90. The maximum Gasteiger partial charge on any atom is 0.135 e. The van der Waals surface area contributed by atoms with Crippen LogP contribution in [0.4, 0.5) is 22.7 Å². The summed E-state index contributed by atoms with van der Waals surface area (Å²) >= 11 is 0. The largest absolute Gasteiger partial charge is 0.509 e. The molecule has 6 aromatic carbocycles. The molecule has 0 saturated carbocycles. The van der Waals surface area contributed by atoms with Crippen LogP contribution in [0.25, 0.3) is 49.6 Å². The fourth-order valence-corrected chi connectivity index (χ4v) is 8.50. The number of rotatable bonds is 5. The fraction of sp³-hybridized carbons (Fsp3) is 0.192. The van der Waals surface area contributed by atoms with E-state index >= 15 is 0 Å². The topological polar surface area (TPSA) is 46.7 Å². The molecule has 0 fully saturated rings. The molecule has 0 atom stereocenters. The number of aromatic nitrogens is 2. The molecule has 0 radical (unpaired) electrons. The minimum absolute atomic E-state index is 0. The van der Waals surface area contributed by atoms with E-state index in [9.17, 15) is 0 Å². The van der Waals surface area contributed by atoms with Crippen LogP contribution in [0.5, 0.6) is 11.5 Å². The molecule has 10 rings (SSSR count). The van der Waals surface area contributed by atoms with Gasteiger partial charge in [-0.1, -0.05) is 94.9 Å². The van der Waals surface area contributed by atoms with E-state index in [0.717, 1.165) is 66.6 Å². The van der Waals surface area contributed by atoms with Gasteiger partial charge >= 0.3 is 0 Å². The van der Waals surface area contributed by atoms with E-state index in [1.165, 1.54) is 27.9 Å². The molecule has 298 valence electrons. The van der Waals surface area contributed by atoms with Crippen molar-refractivity contribution in [1.29, 1.82) is 0 Å². The maximum atomic E-state index is 6.65. The minimum atomic E-state index is -0.0554. The number of furan rings is 1. The summed E-state index contributed by atoms with van der Waals surface area (Å²) in [7, 11) is 0. The van der Waals surface area contributed by atoms with Crippen molar-refractivity contribution in [1.82, 2.24) is 9.55 Å². The van der Waals surface area contributed by atoms with E-state index in [4.69, 9.17) is 14.1 Å². The Labute approximate surface area is 360 Å². The Morgan fingerprint density at radius 2 is 1.32 bits per heavy atom. The third-order valence-corrected chi connectivity index (χ3v) is 11.5. The van der Waals surface area contributed by atoms with Gasteiger partial charge in [0.2, 0.25) is 0 Å². The molecule has 4 heterocycles. The molecule has 1 aliphatic rings. The van der Waals surface area contributed by atoms with Crippen molar-refractivity contribution < 1.29 is 30.2 Å². The first-order valence-corrected chi connectivity index (χ1v) is 20.0. The first kappa shape index (κ1) is 38.7. The number of pyridine rings is 1. The minimum Gasteiger partial charge on any atom is -0.509 e. The van der Waals surface area contributed by atoms with Crippen LogP contribution in [0.3, 0.4) is 0 Å². The van der Waals surface area contributed by atoms with Gasteiger partial charge in [-0.3, -0.25) is 0 Å². The van der Waals surface area contributed by atoms with Crippen LogP contribution in [0.15, 0.2) is 126 Å². The first-order valence-electron chi connectivity index (χ1n) is 20.0. The van der Waals surface area contributed by atoms with Crippen molar-refractivity contribution in [2.24, 2.45) is 0 Å². The number of anilines is 4. The Kier molecular flexibility index (Phi) is 9.28. The number of fused-ring (bicyclic) bond motifs is 8. The second kappa shape index (κ2) is 14.2. The first-order chi connectivity index (χ1) is 27.8. The quantitative estimate of drug-likeness (QED) is 0.161. The van der Waals surface area contributed by atoms with E-state index in [1.807, 2.05) is 36.5 Å². The molecule has 0 amide bonds. The van der Waals surface area contributed by atoms with Crippen molar-refractivity contribution in [2.75, 3.05) is 9.80 Å². The van der Waals surface area contributed by atoms with Gasteiger partial charge in [0.05, 0.1) is 0 Å². The third kappa shape index (κ3) is 6.49. The van der Waals surface area contributed by atoms with Crippen molar-refractivity contribution in [2.45, 2.75) is 66.2 Å². The van der Waals surface area contributed by atoms with Crippen LogP contribution >= 0.6 is 0 Å². The molecule has 6 nitrogen and oxygen atoms in total. The molecule has 0 N–H and O–H groups in total. The second-order valence-electron chi connectivity index (χ2n) is 17.6. The second-order valence-corrected chi connectivity index (χ2v) is 17.6. The molecule has 3 aromatic heterocycles. The predicted molar refractivity (Wildman–Crippen MR) is 238 cm³/mol. The summed E-state index contributed by atoms with van der Waals surface area (Å²) in [6.45, 7) is 20.1. The zero-order chi connectivity index (χ0) is 40.1. The number of nitrogens with zero attached hydrogens (tertiary/aromatic N) is 4. The smallest absolute Gasteiger partial charge is 0.135 e. The molecule has 0 bridgehead atoms. The summed E-state index contributed by atoms with van der Waals surface area (Å²) in [5.41, 5.74) is 12.8. The van der Waals surface area contributed by atoms with Gasteiger partial charge in [0.25, 0.3) is 0 Å². The Bertz CT molecular complexity index is 3070. The van der Waals surface area contributed by atoms with E-state index < -0.39 is 0 Å². The molecule has 0 spiro atoms. The van der Waals surface area contributed by atoms with Gasteiger partial charge in [0.1, 0.15) is 17.0 Å². The predicted octanol–water partition coefficient (Wildman–Crippen LogP) is 14.1. The monoisotopic (exact) mass is 952 g/mol. The number of hydrogen-bond donors (Lipinski definition) is 0. The van der Waals surface area contributed by atoms with E-state index in [-0.39, 0.29) is 31.9 Å². The molecule has 0 aliphatic carbocycles. The zero-order valence-electron chi connectivity index (χ0n) is 34.5. The molecule has 1 aliphatic heterocycles. The average molecular weight is 953 g/mol. The van der Waals surface area contributed by atoms with Gasteiger partial charge in [-0.05, 0) is 94.8 Å². The van der Waals surface area contributed by atoms with Crippen LogP contribution in [0, 0.1) is 32.6 Å². The summed E-state index contributed by atoms with van der Waals surface area (Å²) in [6, 6.07) is 47.4. The maximum absolute atomic E-state index is 6.65. The van der Waals surface area contributed by atoms with Crippen LogP contribution < -0.4 is 14.5 Å². The Balaban J connectivity index is 0.00000449. The van der Waals surface area contributed by atoms with Gasteiger partial charge in [-0.15, -0.1) is 42.7 Å². The SMILES string of the molecule is Cc1cc(C(C)(C)C)cc(C)c1N1[CH-]N(c2[c-]c(Oc3[c-]c4c(cc3)c3c5oc6ccccc6c5ccc3n4-c3cc(C(C)(C)C)ccn3)ccc2)c2ccccc21.[Pt]. The van der Waals surface area contributed by atoms with Gasteiger partial charge in [0, 0.05) is 72.1 Å². The molecule has 0 saturated heterocycles. The van der Waals surface area contributed by atoms with E-state index in [0.29, 0.717) is 11.5 Å². The molecular formula is C52H45N4O2Pt-3. The number of hydrogen-bond acceptors (Lipinski definition) is 5. The number of ether oxygens (including phenoxy) is 1. The van der Waals surface area contributed by atoms with Crippen LogP contribution in [-0.4, -0.2) is 9.55 Å². The molecular weight excluding hydrogens is 908 g/mol. The van der Waals surface area contributed by atoms with Gasteiger partial charge in [-0.2, -0.15) is 12.1 Å². The zero-order valence-corrected chi connectivity index (χ0v) is 36.8. The van der Waals surface area contributed by atoms with Crippen LogP contribution in [0.2, 0.25) is 0 Å². The van der Waals surface area contributed by atoms with E-state index in [1.54, 1.807) is 0 Å². The fourth-order valence-electron chi connectivity index (χ4n) is 8.50. The standard InChI is InChI=1S/C52H45N4O2.Pt/c1-32-26-35(52(6,7)8)27-33(2)49(32)55-31-54(42-17-10-11-18-43(42)55)36-14-13-15-37(29-36)57-38-20-21-41-45(30-38)56(47-28-34(24-25-53-47)51(3,4)5)44-23-22-40-39-16-9-12-19-46(39)58-50(40)48(41)44;/h9-28,31H,1-8H3;/q-3;. The summed E-state index contributed by atoms with van der Waals surface area (Å²) in [5.74, 6) is 1.99. The van der Waals surface area contributed by atoms with Gasteiger partial charge in [0.15, 0.2) is 0 Å². The van der Waals surface area contributed by atoms with Crippen molar-refractivity contribution in [3.05, 3.63) is 163 Å². The Morgan fingerprint density at radius 1 is 0.644 bits per heavy atom.